The molecule has 0 saturated carbocycles. The van der Waals surface area contributed by atoms with Gasteiger partial charge in [-0.15, -0.1) is 0 Å². The van der Waals surface area contributed by atoms with Crippen molar-refractivity contribution in [2.45, 2.75) is 18.9 Å². The van der Waals surface area contributed by atoms with Gasteiger partial charge < -0.3 is 18.4 Å². The molecule has 4 rings (SSSR count). The number of ether oxygens (including phenoxy) is 2. The summed E-state index contributed by atoms with van der Waals surface area (Å²) in [4.78, 5) is 6.78. The van der Waals surface area contributed by atoms with E-state index in [4.69, 9.17) is 18.4 Å². The Morgan fingerprint density at radius 1 is 1.18 bits per heavy atom. The molecule has 0 amide bonds. The van der Waals surface area contributed by atoms with E-state index in [9.17, 15) is 0 Å². The molecule has 0 N–H and O–H groups in total. The SMILES string of the molecule is c1oc(CN2CCOCC2)cc1-c1nc([C@@H]2CCOC2)no1. The third-order valence-electron chi connectivity index (χ3n) is 4.12. The van der Waals surface area contributed by atoms with Crippen LogP contribution in [0.5, 0.6) is 0 Å². The van der Waals surface area contributed by atoms with Gasteiger partial charge in [0.2, 0.25) is 0 Å². The van der Waals surface area contributed by atoms with E-state index in [0.717, 1.165) is 63.0 Å². The standard InChI is InChI=1S/C15H19N3O4/c1-4-20-9-11(1)14-16-15(22-17-14)12-7-13(21-10-12)8-18-2-5-19-6-3-18/h7,10-11H,1-6,8-9H2/t11-/m1/s1. The summed E-state index contributed by atoms with van der Waals surface area (Å²) in [5, 5.41) is 4.06. The minimum absolute atomic E-state index is 0.247. The van der Waals surface area contributed by atoms with Crippen molar-refractivity contribution in [1.82, 2.24) is 15.0 Å². The molecular weight excluding hydrogens is 286 g/mol. The first-order chi connectivity index (χ1) is 10.9. The molecule has 0 radical (unpaired) electrons. The number of furan rings is 1. The molecule has 7 heteroatoms. The van der Waals surface area contributed by atoms with Gasteiger partial charge in [-0.05, 0) is 12.5 Å². The summed E-state index contributed by atoms with van der Waals surface area (Å²) in [6, 6.07) is 1.97. The van der Waals surface area contributed by atoms with Crippen molar-refractivity contribution in [2.24, 2.45) is 0 Å². The van der Waals surface area contributed by atoms with Gasteiger partial charge in [-0.2, -0.15) is 4.98 Å². The lowest BCUT2D eigenvalue weighted by Crippen LogP contribution is -2.35. The molecule has 2 aromatic heterocycles. The average molecular weight is 305 g/mol. The van der Waals surface area contributed by atoms with Gasteiger partial charge in [0.05, 0.1) is 31.9 Å². The van der Waals surface area contributed by atoms with Gasteiger partial charge in [-0.1, -0.05) is 5.16 Å². The Hall–Kier alpha value is -1.70. The second kappa shape index (κ2) is 6.20. The molecule has 0 unspecified atom stereocenters. The van der Waals surface area contributed by atoms with E-state index < -0.39 is 0 Å². The fraction of sp³-hybridized carbons (Fsp3) is 0.600. The van der Waals surface area contributed by atoms with Crippen molar-refractivity contribution < 1.29 is 18.4 Å². The molecular formula is C15H19N3O4. The Morgan fingerprint density at radius 3 is 2.91 bits per heavy atom. The van der Waals surface area contributed by atoms with Gasteiger partial charge in [0, 0.05) is 25.6 Å². The van der Waals surface area contributed by atoms with E-state index >= 15 is 0 Å². The third kappa shape index (κ3) is 2.92. The van der Waals surface area contributed by atoms with Crippen LogP contribution in [0.3, 0.4) is 0 Å². The average Bonchev–Trinajstić information content (AvgIpc) is 3.29. The van der Waals surface area contributed by atoms with Crippen molar-refractivity contribution in [3.8, 4) is 11.5 Å². The minimum Gasteiger partial charge on any atom is -0.467 e. The molecule has 2 saturated heterocycles. The number of aromatic nitrogens is 2. The predicted octanol–water partition coefficient (Wildman–Crippen LogP) is 1.67. The molecule has 7 nitrogen and oxygen atoms in total. The number of nitrogens with zero attached hydrogens (tertiary/aromatic N) is 3. The van der Waals surface area contributed by atoms with Crippen molar-refractivity contribution >= 4 is 0 Å². The zero-order valence-electron chi connectivity index (χ0n) is 12.4. The molecule has 0 aliphatic carbocycles. The van der Waals surface area contributed by atoms with Crippen LogP contribution in [-0.2, 0) is 16.0 Å². The van der Waals surface area contributed by atoms with E-state index in [1.54, 1.807) is 6.26 Å². The second-order valence-corrected chi connectivity index (χ2v) is 5.71. The number of rotatable bonds is 4. The van der Waals surface area contributed by atoms with Gasteiger partial charge in [0.15, 0.2) is 5.82 Å². The highest BCUT2D eigenvalue weighted by Crippen LogP contribution is 2.26. The largest absolute Gasteiger partial charge is 0.467 e. The molecule has 2 aliphatic rings. The lowest BCUT2D eigenvalue weighted by atomic mass is 10.1. The van der Waals surface area contributed by atoms with Crippen molar-refractivity contribution in [1.29, 1.82) is 0 Å². The Morgan fingerprint density at radius 2 is 2.09 bits per heavy atom. The molecule has 118 valence electrons. The summed E-state index contributed by atoms with van der Waals surface area (Å²) in [5.74, 6) is 2.39. The van der Waals surface area contributed by atoms with Crippen LogP contribution in [0.25, 0.3) is 11.5 Å². The molecule has 0 aromatic carbocycles. The second-order valence-electron chi connectivity index (χ2n) is 5.71. The molecule has 0 spiro atoms. The fourth-order valence-corrected chi connectivity index (χ4v) is 2.81. The Bertz CT molecular complexity index is 612. The van der Waals surface area contributed by atoms with Crippen LogP contribution in [-0.4, -0.2) is 54.6 Å². The van der Waals surface area contributed by atoms with E-state index in [0.29, 0.717) is 12.5 Å². The van der Waals surface area contributed by atoms with Crippen LogP contribution in [0.2, 0.25) is 0 Å². The van der Waals surface area contributed by atoms with Crippen LogP contribution < -0.4 is 0 Å². The molecule has 22 heavy (non-hydrogen) atoms. The van der Waals surface area contributed by atoms with Gasteiger partial charge in [-0.25, -0.2) is 0 Å². The van der Waals surface area contributed by atoms with Crippen molar-refractivity contribution in [3.05, 3.63) is 23.9 Å². The zero-order valence-corrected chi connectivity index (χ0v) is 12.4. The monoisotopic (exact) mass is 305 g/mol. The first-order valence-electron chi connectivity index (χ1n) is 7.68. The maximum atomic E-state index is 5.62. The summed E-state index contributed by atoms with van der Waals surface area (Å²) < 4.78 is 21.7. The van der Waals surface area contributed by atoms with Crippen molar-refractivity contribution in [3.63, 3.8) is 0 Å². The molecule has 1 atom stereocenters. The number of hydrogen-bond donors (Lipinski definition) is 0. The molecule has 4 heterocycles. The summed E-state index contributed by atoms with van der Waals surface area (Å²) in [6.07, 6.45) is 2.63. The molecule has 2 aliphatic heterocycles. The number of hydrogen-bond acceptors (Lipinski definition) is 7. The Balaban J connectivity index is 1.44. The minimum atomic E-state index is 0.247. The highest BCUT2D eigenvalue weighted by atomic mass is 16.5. The maximum Gasteiger partial charge on any atom is 0.261 e. The van der Waals surface area contributed by atoms with Crippen molar-refractivity contribution in [2.75, 3.05) is 39.5 Å². The van der Waals surface area contributed by atoms with E-state index in [2.05, 4.69) is 15.0 Å². The lowest BCUT2D eigenvalue weighted by Gasteiger charge is -2.25. The van der Waals surface area contributed by atoms with Crippen LogP contribution in [0, 0.1) is 0 Å². The first-order valence-corrected chi connectivity index (χ1v) is 7.68. The highest BCUT2D eigenvalue weighted by Gasteiger charge is 2.24. The first kappa shape index (κ1) is 13.9. The van der Waals surface area contributed by atoms with Crippen LogP contribution in [0.1, 0.15) is 23.9 Å². The Kier molecular flexibility index (Phi) is 3.92. The summed E-state index contributed by atoms with van der Waals surface area (Å²) in [5.41, 5.74) is 0.834. The number of morpholine rings is 1. The normalized spacial score (nSPS) is 23.2. The fourth-order valence-electron chi connectivity index (χ4n) is 2.81. The molecule has 2 fully saturated rings. The van der Waals surface area contributed by atoms with Gasteiger partial charge >= 0.3 is 0 Å². The summed E-state index contributed by atoms with van der Waals surface area (Å²) in [7, 11) is 0. The highest BCUT2D eigenvalue weighted by molar-refractivity contribution is 5.51. The zero-order chi connectivity index (χ0) is 14.8. The van der Waals surface area contributed by atoms with Crippen LogP contribution in [0.4, 0.5) is 0 Å². The van der Waals surface area contributed by atoms with E-state index in [1.807, 2.05) is 6.07 Å². The van der Waals surface area contributed by atoms with Gasteiger partial charge in [0.25, 0.3) is 5.89 Å². The Labute approximate surface area is 128 Å². The van der Waals surface area contributed by atoms with Gasteiger partial charge in [0.1, 0.15) is 12.0 Å². The van der Waals surface area contributed by atoms with Gasteiger partial charge in [-0.3, -0.25) is 4.90 Å². The summed E-state index contributed by atoms with van der Waals surface area (Å²) >= 11 is 0. The van der Waals surface area contributed by atoms with Crippen LogP contribution in [0.15, 0.2) is 21.3 Å². The van der Waals surface area contributed by atoms with E-state index in [-0.39, 0.29) is 5.92 Å². The summed E-state index contributed by atoms with van der Waals surface area (Å²) in [6.45, 7) is 5.65. The quantitative estimate of drug-likeness (QED) is 0.850. The maximum absolute atomic E-state index is 5.62. The van der Waals surface area contributed by atoms with E-state index in [1.165, 1.54) is 0 Å². The topological polar surface area (TPSA) is 73.8 Å². The lowest BCUT2D eigenvalue weighted by molar-refractivity contribution is 0.0313. The third-order valence-corrected chi connectivity index (χ3v) is 4.12. The predicted molar refractivity (Wildman–Crippen MR) is 76.3 cm³/mol. The molecule has 0 bridgehead atoms. The smallest absolute Gasteiger partial charge is 0.261 e. The molecule has 2 aromatic rings. The van der Waals surface area contributed by atoms with Crippen LogP contribution >= 0.6 is 0 Å².